The minimum atomic E-state index is -0.472. The molecule has 1 aromatic rings. The summed E-state index contributed by atoms with van der Waals surface area (Å²) in [5.74, 6) is 0.124. The quantitative estimate of drug-likeness (QED) is 0.748. The van der Waals surface area contributed by atoms with E-state index in [0.29, 0.717) is 0 Å². The van der Waals surface area contributed by atoms with Gasteiger partial charge in [-0.1, -0.05) is 0 Å². The largest absolute Gasteiger partial charge is 0.502 e. The Morgan fingerprint density at radius 3 is 2.43 bits per heavy atom. The second-order valence-corrected chi connectivity index (χ2v) is 2.91. The summed E-state index contributed by atoms with van der Waals surface area (Å²) in [4.78, 5) is 11.0. The standard InChI is InChI=1S/C9H10O4S/c1-12-6-4-3-5(9(11)14)8(13-2)7(6)10/h3-4,10H,1-2H3,(H,11,14). The van der Waals surface area contributed by atoms with E-state index in [4.69, 9.17) is 9.47 Å². The number of phenols is 1. The van der Waals surface area contributed by atoms with Crippen LogP contribution >= 0.6 is 12.6 Å². The fourth-order valence-corrected chi connectivity index (χ4v) is 1.27. The average Bonchev–Trinajstić information content (AvgIpc) is 2.17. The number of rotatable bonds is 3. The molecule has 0 fully saturated rings. The molecule has 0 aliphatic carbocycles. The van der Waals surface area contributed by atoms with Crippen LogP contribution in [-0.2, 0) is 0 Å². The molecule has 1 rings (SSSR count). The lowest BCUT2D eigenvalue weighted by Crippen LogP contribution is -1.97. The first-order chi connectivity index (χ1) is 6.61. The van der Waals surface area contributed by atoms with Crippen molar-refractivity contribution in [3.63, 3.8) is 0 Å². The molecular weight excluding hydrogens is 204 g/mol. The zero-order chi connectivity index (χ0) is 10.7. The van der Waals surface area contributed by atoms with E-state index in [9.17, 15) is 9.90 Å². The highest BCUT2D eigenvalue weighted by Gasteiger charge is 2.16. The molecule has 0 aliphatic rings. The Kier molecular flexibility index (Phi) is 3.24. The van der Waals surface area contributed by atoms with Gasteiger partial charge in [-0.05, 0) is 12.1 Å². The molecule has 1 aromatic carbocycles. The Morgan fingerprint density at radius 2 is 2.00 bits per heavy atom. The van der Waals surface area contributed by atoms with Gasteiger partial charge in [0, 0.05) is 0 Å². The van der Waals surface area contributed by atoms with Gasteiger partial charge in [0.2, 0.25) is 10.9 Å². The molecule has 0 atom stereocenters. The van der Waals surface area contributed by atoms with E-state index in [0.717, 1.165) is 0 Å². The van der Waals surface area contributed by atoms with Gasteiger partial charge < -0.3 is 14.6 Å². The predicted octanol–water partition coefficient (Wildman–Crippen LogP) is 1.48. The van der Waals surface area contributed by atoms with Crippen LogP contribution in [-0.4, -0.2) is 24.4 Å². The molecule has 1 N–H and O–H groups in total. The molecule has 0 aromatic heterocycles. The van der Waals surface area contributed by atoms with Gasteiger partial charge in [-0.3, -0.25) is 4.79 Å². The highest BCUT2D eigenvalue weighted by molar-refractivity contribution is 7.97. The van der Waals surface area contributed by atoms with Crippen molar-refractivity contribution in [2.45, 2.75) is 0 Å². The fourth-order valence-electron chi connectivity index (χ4n) is 1.09. The van der Waals surface area contributed by atoms with Gasteiger partial charge in [-0.2, -0.15) is 0 Å². The van der Waals surface area contributed by atoms with E-state index in [2.05, 4.69) is 12.6 Å². The van der Waals surface area contributed by atoms with E-state index in [1.807, 2.05) is 0 Å². The third-order valence-electron chi connectivity index (χ3n) is 1.75. The fraction of sp³-hybridized carbons (Fsp3) is 0.222. The molecule has 14 heavy (non-hydrogen) atoms. The zero-order valence-electron chi connectivity index (χ0n) is 7.77. The second kappa shape index (κ2) is 4.23. The number of methoxy groups -OCH3 is 2. The minimum absolute atomic E-state index is 0.0735. The van der Waals surface area contributed by atoms with E-state index in [1.54, 1.807) is 0 Å². The van der Waals surface area contributed by atoms with Crippen LogP contribution in [0, 0.1) is 0 Å². The third kappa shape index (κ3) is 1.77. The molecule has 0 radical (unpaired) electrons. The molecule has 0 amide bonds. The third-order valence-corrected chi connectivity index (χ3v) is 1.99. The zero-order valence-corrected chi connectivity index (χ0v) is 8.67. The molecule has 5 heteroatoms. The van der Waals surface area contributed by atoms with Gasteiger partial charge in [0.25, 0.3) is 0 Å². The van der Waals surface area contributed by atoms with Crippen LogP contribution in [0.3, 0.4) is 0 Å². The smallest absolute Gasteiger partial charge is 0.220 e. The predicted molar refractivity (Wildman–Crippen MR) is 54.5 cm³/mol. The summed E-state index contributed by atoms with van der Waals surface area (Å²) < 4.78 is 9.74. The summed E-state index contributed by atoms with van der Waals surface area (Å²) in [6.07, 6.45) is 0. The molecule has 0 unspecified atom stereocenters. The summed E-state index contributed by atoms with van der Waals surface area (Å²) in [5.41, 5.74) is 0.203. The van der Waals surface area contributed by atoms with Crippen LogP contribution in [0.4, 0.5) is 0 Å². The van der Waals surface area contributed by atoms with Crippen LogP contribution in [0.1, 0.15) is 10.4 Å². The molecular formula is C9H10O4S. The first-order valence-corrected chi connectivity index (χ1v) is 4.23. The number of carbonyl (C=O) groups excluding carboxylic acids is 1. The van der Waals surface area contributed by atoms with Gasteiger partial charge in [0.1, 0.15) is 0 Å². The lowest BCUT2D eigenvalue weighted by molar-refractivity contribution is 0.108. The first-order valence-electron chi connectivity index (χ1n) is 3.79. The first kappa shape index (κ1) is 10.7. The van der Waals surface area contributed by atoms with E-state index < -0.39 is 5.12 Å². The van der Waals surface area contributed by atoms with Gasteiger partial charge >= 0.3 is 0 Å². The van der Waals surface area contributed by atoms with Gasteiger partial charge in [0.15, 0.2) is 11.5 Å². The van der Waals surface area contributed by atoms with E-state index in [1.165, 1.54) is 26.4 Å². The van der Waals surface area contributed by atoms with Crippen molar-refractivity contribution in [1.29, 1.82) is 0 Å². The lowest BCUT2D eigenvalue weighted by atomic mass is 10.2. The second-order valence-electron chi connectivity index (χ2n) is 2.50. The topological polar surface area (TPSA) is 55.8 Å². The average molecular weight is 214 g/mol. The number of phenolic OH excluding ortho intramolecular Hbond substituents is 1. The lowest BCUT2D eigenvalue weighted by Gasteiger charge is -2.10. The Labute approximate surface area is 86.9 Å². The number of hydrogen-bond acceptors (Lipinski definition) is 4. The molecule has 0 bridgehead atoms. The normalized spacial score (nSPS) is 9.64. The van der Waals surface area contributed by atoms with Crippen molar-refractivity contribution in [1.82, 2.24) is 0 Å². The number of hydrogen-bond donors (Lipinski definition) is 2. The van der Waals surface area contributed by atoms with Crippen molar-refractivity contribution in [2.75, 3.05) is 14.2 Å². The molecule has 0 saturated heterocycles. The Morgan fingerprint density at radius 1 is 1.36 bits per heavy atom. The maximum atomic E-state index is 11.0. The highest BCUT2D eigenvalue weighted by atomic mass is 32.1. The Hall–Kier alpha value is -1.36. The van der Waals surface area contributed by atoms with E-state index >= 15 is 0 Å². The monoisotopic (exact) mass is 214 g/mol. The molecule has 0 aliphatic heterocycles. The molecule has 0 saturated carbocycles. The van der Waals surface area contributed by atoms with Crippen LogP contribution in [0.5, 0.6) is 17.2 Å². The SMILES string of the molecule is COc1ccc(C(=O)S)c(OC)c1O. The number of benzene rings is 1. The minimum Gasteiger partial charge on any atom is -0.502 e. The van der Waals surface area contributed by atoms with Gasteiger partial charge in [0.05, 0.1) is 19.8 Å². The summed E-state index contributed by atoms with van der Waals surface area (Å²) in [5, 5.41) is 9.11. The van der Waals surface area contributed by atoms with Crippen molar-refractivity contribution in [3.05, 3.63) is 17.7 Å². The summed E-state index contributed by atoms with van der Waals surface area (Å²) in [7, 11) is 2.77. The summed E-state index contributed by atoms with van der Waals surface area (Å²) in [6.45, 7) is 0. The van der Waals surface area contributed by atoms with Crippen molar-refractivity contribution in [2.24, 2.45) is 0 Å². The Balaban J connectivity index is 3.35. The molecule has 4 nitrogen and oxygen atoms in total. The van der Waals surface area contributed by atoms with Gasteiger partial charge in [-0.15, -0.1) is 12.6 Å². The molecule has 0 heterocycles. The van der Waals surface area contributed by atoms with Crippen molar-refractivity contribution >= 4 is 17.7 Å². The van der Waals surface area contributed by atoms with Crippen LogP contribution in [0.2, 0.25) is 0 Å². The molecule has 0 spiro atoms. The van der Waals surface area contributed by atoms with Crippen LogP contribution < -0.4 is 9.47 Å². The number of carbonyl (C=O) groups is 1. The summed E-state index contributed by atoms with van der Waals surface area (Å²) in [6, 6.07) is 2.95. The van der Waals surface area contributed by atoms with Gasteiger partial charge in [-0.25, -0.2) is 0 Å². The Bertz CT molecular complexity index is 362. The van der Waals surface area contributed by atoms with Crippen LogP contribution in [0.25, 0.3) is 0 Å². The van der Waals surface area contributed by atoms with E-state index in [-0.39, 0.29) is 22.8 Å². The maximum absolute atomic E-state index is 11.0. The number of aromatic hydroxyl groups is 1. The maximum Gasteiger partial charge on any atom is 0.220 e. The number of ether oxygens (including phenoxy) is 2. The van der Waals surface area contributed by atoms with Crippen molar-refractivity contribution in [3.8, 4) is 17.2 Å². The summed E-state index contributed by atoms with van der Waals surface area (Å²) >= 11 is 3.65. The highest BCUT2D eigenvalue weighted by Crippen LogP contribution is 2.38. The molecule has 76 valence electrons. The number of thiol groups is 1. The van der Waals surface area contributed by atoms with Crippen LogP contribution in [0.15, 0.2) is 12.1 Å². The van der Waals surface area contributed by atoms with Crippen molar-refractivity contribution < 1.29 is 19.4 Å².